The molecule has 0 saturated heterocycles. The Morgan fingerprint density at radius 3 is 3.11 bits per heavy atom. The summed E-state index contributed by atoms with van der Waals surface area (Å²) in [5, 5.41) is 2.81. The van der Waals surface area contributed by atoms with Crippen LogP contribution in [0.15, 0.2) is 34.9 Å². The van der Waals surface area contributed by atoms with Crippen LogP contribution in [0.25, 0.3) is 0 Å². The Morgan fingerprint density at radius 2 is 2.32 bits per heavy atom. The molecule has 0 aromatic heterocycles. The summed E-state index contributed by atoms with van der Waals surface area (Å²) in [6.07, 6.45) is 9.00. The molecular weight excluding hydrogens is 242 g/mol. The molecule has 102 valence electrons. The first-order valence-electron chi connectivity index (χ1n) is 6.73. The number of hydrogen-bond acceptors (Lipinski definition) is 3. The van der Waals surface area contributed by atoms with Crippen molar-refractivity contribution in [1.29, 1.82) is 0 Å². The average Bonchev–Trinajstić information content (AvgIpc) is 2.74. The van der Waals surface area contributed by atoms with Crippen LogP contribution in [-0.2, 0) is 14.3 Å². The standard InChI is InChI=1S/C15H19NO3/c1-2-19-14(17)9-11-6-4-3-5-7-13-12(8-11)10-16-15(13)18/h5,7-8H,2-4,6,9-10H2,1H3,(H,16,18)/b7-5-,11-8+. The Bertz CT molecular complexity index is 472. The molecule has 1 aliphatic carbocycles. The third-order valence-corrected chi connectivity index (χ3v) is 3.24. The second-order valence-corrected chi connectivity index (χ2v) is 4.70. The molecule has 1 N–H and O–H groups in total. The van der Waals surface area contributed by atoms with Gasteiger partial charge in [0.2, 0.25) is 0 Å². The third-order valence-electron chi connectivity index (χ3n) is 3.24. The minimum Gasteiger partial charge on any atom is -0.466 e. The Labute approximate surface area is 113 Å². The summed E-state index contributed by atoms with van der Waals surface area (Å²) < 4.78 is 4.99. The number of esters is 1. The van der Waals surface area contributed by atoms with Crippen LogP contribution in [0.4, 0.5) is 0 Å². The van der Waals surface area contributed by atoms with Crippen LogP contribution in [0.3, 0.4) is 0 Å². The predicted octanol–water partition coefficient (Wildman–Crippen LogP) is 2.03. The molecule has 4 heteroatoms. The van der Waals surface area contributed by atoms with Gasteiger partial charge >= 0.3 is 5.97 Å². The smallest absolute Gasteiger partial charge is 0.309 e. The first-order valence-corrected chi connectivity index (χ1v) is 6.73. The first-order chi connectivity index (χ1) is 9.20. The largest absolute Gasteiger partial charge is 0.466 e. The average molecular weight is 261 g/mol. The molecule has 1 amide bonds. The van der Waals surface area contributed by atoms with E-state index in [0.717, 1.165) is 36.0 Å². The lowest BCUT2D eigenvalue weighted by molar-refractivity contribution is -0.142. The number of amides is 1. The van der Waals surface area contributed by atoms with Gasteiger partial charge in [-0.1, -0.05) is 23.8 Å². The fourth-order valence-corrected chi connectivity index (χ4v) is 2.33. The number of rotatable bonds is 3. The summed E-state index contributed by atoms with van der Waals surface area (Å²) >= 11 is 0. The van der Waals surface area contributed by atoms with Gasteiger partial charge in [0.1, 0.15) is 0 Å². The molecule has 0 fully saturated rings. The van der Waals surface area contributed by atoms with Crippen molar-refractivity contribution in [1.82, 2.24) is 5.32 Å². The highest BCUT2D eigenvalue weighted by Crippen LogP contribution is 2.22. The van der Waals surface area contributed by atoms with Crippen LogP contribution in [0.1, 0.15) is 32.6 Å². The molecule has 0 unspecified atom stereocenters. The van der Waals surface area contributed by atoms with Gasteiger partial charge in [0.15, 0.2) is 0 Å². The Hall–Kier alpha value is -1.84. The molecule has 4 nitrogen and oxygen atoms in total. The lowest BCUT2D eigenvalue weighted by Gasteiger charge is -2.07. The van der Waals surface area contributed by atoms with E-state index in [9.17, 15) is 9.59 Å². The van der Waals surface area contributed by atoms with Crippen LogP contribution in [-0.4, -0.2) is 25.0 Å². The zero-order chi connectivity index (χ0) is 13.7. The molecule has 0 atom stereocenters. The minimum atomic E-state index is -0.194. The van der Waals surface area contributed by atoms with Crippen molar-refractivity contribution < 1.29 is 14.3 Å². The highest BCUT2D eigenvalue weighted by atomic mass is 16.5. The maximum absolute atomic E-state index is 11.7. The normalized spacial score (nSPS) is 23.4. The lowest BCUT2D eigenvalue weighted by Crippen LogP contribution is -2.16. The quantitative estimate of drug-likeness (QED) is 0.791. The second-order valence-electron chi connectivity index (χ2n) is 4.70. The van der Waals surface area contributed by atoms with Crippen LogP contribution in [0.5, 0.6) is 0 Å². The van der Waals surface area contributed by atoms with Gasteiger partial charge in [-0.15, -0.1) is 0 Å². The van der Waals surface area contributed by atoms with Gasteiger partial charge in [-0.25, -0.2) is 0 Å². The summed E-state index contributed by atoms with van der Waals surface area (Å²) in [7, 11) is 0. The van der Waals surface area contributed by atoms with E-state index >= 15 is 0 Å². The Kier molecular flexibility index (Phi) is 4.55. The molecule has 0 aromatic carbocycles. The second kappa shape index (κ2) is 6.36. The maximum atomic E-state index is 11.7. The number of hydrogen-bond donors (Lipinski definition) is 1. The molecule has 2 rings (SSSR count). The number of carbonyl (C=O) groups excluding carboxylic acids is 2. The molecule has 0 spiro atoms. The number of nitrogens with one attached hydrogen (secondary N) is 1. The van der Waals surface area contributed by atoms with Gasteiger partial charge in [0, 0.05) is 12.1 Å². The first kappa shape index (κ1) is 13.6. The lowest BCUT2D eigenvalue weighted by atomic mass is 10.0. The van der Waals surface area contributed by atoms with Crippen LogP contribution in [0.2, 0.25) is 0 Å². The Morgan fingerprint density at radius 1 is 1.47 bits per heavy atom. The van der Waals surface area contributed by atoms with E-state index in [4.69, 9.17) is 4.74 Å². The van der Waals surface area contributed by atoms with Gasteiger partial charge < -0.3 is 10.1 Å². The van der Waals surface area contributed by atoms with E-state index in [1.807, 2.05) is 18.2 Å². The molecule has 0 saturated carbocycles. The summed E-state index contributed by atoms with van der Waals surface area (Å²) in [4.78, 5) is 23.3. The molecule has 0 bridgehead atoms. The predicted molar refractivity (Wildman–Crippen MR) is 72.4 cm³/mol. The number of carbonyl (C=O) groups is 2. The van der Waals surface area contributed by atoms with Gasteiger partial charge in [-0.2, -0.15) is 0 Å². The van der Waals surface area contributed by atoms with E-state index in [1.165, 1.54) is 0 Å². The highest BCUT2D eigenvalue weighted by molar-refractivity contribution is 6.00. The van der Waals surface area contributed by atoms with Crippen molar-refractivity contribution in [3.8, 4) is 0 Å². The van der Waals surface area contributed by atoms with Crippen molar-refractivity contribution >= 4 is 11.9 Å². The zero-order valence-electron chi connectivity index (χ0n) is 11.2. The van der Waals surface area contributed by atoms with Crippen LogP contribution < -0.4 is 5.32 Å². The van der Waals surface area contributed by atoms with E-state index in [-0.39, 0.29) is 11.9 Å². The van der Waals surface area contributed by atoms with Crippen molar-refractivity contribution in [2.75, 3.05) is 13.2 Å². The van der Waals surface area contributed by atoms with E-state index < -0.39 is 0 Å². The zero-order valence-corrected chi connectivity index (χ0v) is 11.2. The minimum absolute atomic E-state index is 0.0279. The summed E-state index contributed by atoms with van der Waals surface area (Å²) in [6, 6.07) is 0. The molecule has 1 aliphatic heterocycles. The van der Waals surface area contributed by atoms with E-state index in [1.54, 1.807) is 6.92 Å². The fraction of sp³-hybridized carbons (Fsp3) is 0.467. The van der Waals surface area contributed by atoms with Gasteiger partial charge in [-0.3, -0.25) is 9.59 Å². The van der Waals surface area contributed by atoms with Crippen molar-refractivity contribution in [3.63, 3.8) is 0 Å². The topological polar surface area (TPSA) is 55.4 Å². The van der Waals surface area contributed by atoms with Crippen molar-refractivity contribution in [2.24, 2.45) is 0 Å². The van der Waals surface area contributed by atoms with Crippen LogP contribution >= 0.6 is 0 Å². The van der Waals surface area contributed by atoms with Crippen molar-refractivity contribution in [3.05, 3.63) is 34.9 Å². The van der Waals surface area contributed by atoms with Gasteiger partial charge in [-0.05, 0) is 31.8 Å². The highest BCUT2D eigenvalue weighted by Gasteiger charge is 2.20. The Balaban J connectivity index is 2.20. The third kappa shape index (κ3) is 3.56. The van der Waals surface area contributed by atoms with Gasteiger partial charge in [0.25, 0.3) is 5.91 Å². The fourth-order valence-electron chi connectivity index (χ4n) is 2.33. The summed E-state index contributed by atoms with van der Waals surface area (Å²) in [6.45, 7) is 2.76. The van der Waals surface area contributed by atoms with Gasteiger partial charge in [0.05, 0.1) is 13.0 Å². The number of allylic oxidation sites excluding steroid dienone is 1. The molecule has 19 heavy (non-hydrogen) atoms. The molecule has 2 aliphatic rings. The molecule has 0 radical (unpaired) electrons. The van der Waals surface area contributed by atoms with Crippen molar-refractivity contribution in [2.45, 2.75) is 32.6 Å². The molecular formula is C15H19NO3. The summed E-state index contributed by atoms with van der Waals surface area (Å²) in [5.74, 6) is -0.222. The molecule has 1 heterocycles. The SMILES string of the molecule is CCOC(=O)C/C1=C/C2=C(/C=C\CCC1)C(=O)NC2. The van der Waals surface area contributed by atoms with Crippen LogP contribution in [0, 0.1) is 0 Å². The monoisotopic (exact) mass is 261 g/mol. The molecule has 0 aromatic rings. The van der Waals surface area contributed by atoms with E-state index in [0.29, 0.717) is 19.6 Å². The maximum Gasteiger partial charge on any atom is 0.309 e. The number of ether oxygens (including phenoxy) is 1. The van der Waals surface area contributed by atoms with E-state index in [2.05, 4.69) is 5.32 Å². The summed E-state index contributed by atoms with van der Waals surface area (Å²) in [5.41, 5.74) is 2.75.